The third-order valence-corrected chi connectivity index (χ3v) is 6.29. The summed E-state index contributed by atoms with van der Waals surface area (Å²) in [5.41, 5.74) is 1.07. The monoisotopic (exact) mass is 400 g/mol. The normalized spacial score (nSPS) is 20.3. The Bertz CT molecular complexity index is 766. The maximum absolute atomic E-state index is 12.6. The van der Waals surface area contributed by atoms with Gasteiger partial charge < -0.3 is 4.90 Å². The largest absolute Gasteiger partial charge is 0.343 e. The number of allylic oxidation sites excluding steroid dienone is 2. The van der Waals surface area contributed by atoms with Gasteiger partial charge in [-0.3, -0.25) is 14.5 Å². The van der Waals surface area contributed by atoms with Gasteiger partial charge in [0.15, 0.2) is 0 Å². The van der Waals surface area contributed by atoms with Gasteiger partial charge in [-0.2, -0.15) is 0 Å². The number of carbonyl (C=O) groups excluding carboxylic acids is 2. The van der Waals surface area contributed by atoms with E-state index in [-0.39, 0.29) is 11.8 Å². The molecule has 2 heterocycles. The summed E-state index contributed by atoms with van der Waals surface area (Å²) in [5, 5.41) is 0. The van der Waals surface area contributed by atoms with E-state index in [0.717, 1.165) is 31.5 Å². The summed E-state index contributed by atoms with van der Waals surface area (Å²) in [5.74, 6) is 0.696. The van der Waals surface area contributed by atoms with Crippen LogP contribution in [0.5, 0.6) is 0 Å². The van der Waals surface area contributed by atoms with Gasteiger partial charge in [0.25, 0.3) is 5.91 Å². The van der Waals surface area contributed by atoms with Crippen LogP contribution in [0.2, 0.25) is 0 Å². The number of piperidine rings is 1. The van der Waals surface area contributed by atoms with Gasteiger partial charge in [-0.05, 0) is 30.4 Å². The molecule has 2 aliphatic rings. The molecule has 27 heavy (non-hydrogen) atoms. The number of carbonyl (C=O) groups is 2. The highest BCUT2D eigenvalue weighted by Gasteiger charge is 2.32. The second kappa shape index (κ2) is 9.33. The van der Waals surface area contributed by atoms with Crippen molar-refractivity contribution in [3.63, 3.8) is 0 Å². The highest BCUT2D eigenvalue weighted by molar-refractivity contribution is 8.26. The summed E-state index contributed by atoms with van der Waals surface area (Å²) >= 11 is 6.64. The number of hydrogen-bond acceptors (Lipinski definition) is 4. The summed E-state index contributed by atoms with van der Waals surface area (Å²) in [6.07, 6.45) is 8.05. The topological polar surface area (TPSA) is 40.6 Å². The maximum Gasteiger partial charge on any atom is 0.266 e. The Balaban J connectivity index is 1.54. The summed E-state index contributed by atoms with van der Waals surface area (Å²) < 4.78 is 0.527. The standard InChI is InChI=1S/C21H24N2O2S2/c1-16-10-13-22(14-11-16)19(24)12-15-23-20(25)18(27-21(23)26)9-5-8-17-6-3-2-4-7-17/h2-9,16H,10-15H2,1H3. The minimum absolute atomic E-state index is 0.109. The van der Waals surface area contributed by atoms with Crippen LogP contribution in [0.3, 0.4) is 0 Å². The molecule has 6 heteroatoms. The van der Waals surface area contributed by atoms with E-state index in [0.29, 0.717) is 28.1 Å². The third kappa shape index (κ3) is 5.30. The van der Waals surface area contributed by atoms with Crippen LogP contribution in [-0.4, -0.2) is 45.6 Å². The molecule has 0 aromatic heterocycles. The van der Waals surface area contributed by atoms with Crippen LogP contribution in [0.1, 0.15) is 31.7 Å². The first-order valence-corrected chi connectivity index (χ1v) is 10.5. The van der Waals surface area contributed by atoms with Crippen molar-refractivity contribution in [1.82, 2.24) is 9.80 Å². The van der Waals surface area contributed by atoms with Crippen LogP contribution in [0.25, 0.3) is 6.08 Å². The Morgan fingerprint density at radius 3 is 2.67 bits per heavy atom. The first kappa shape index (κ1) is 19.8. The van der Waals surface area contributed by atoms with Gasteiger partial charge in [-0.25, -0.2) is 0 Å². The molecule has 4 nitrogen and oxygen atoms in total. The quantitative estimate of drug-likeness (QED) is 0.551. The molecular formula is C21H24N2O2S2. The lowest BCUT2D eigenvalue weighted by molar-refractivity contribution is -0.133. The van der Waals surface area contributed by atoms with Gasteiger partial charge >= 0.3 is 0 Å². The van der Waals surface area contributed by atoms with Crippen LogP contribution in [0, 0.1) is 5.92 Å². The van der Waals surface area contributed by atoms with Crippen LogP contribution in [-0.2, 0) is 9.59 Å². The number of nitrogens with zero attached hydrogens (tertiary/aromatic N) is 2. The van der Waals surface area contributed by atoms with Gasteiger partial charge in [-0.15, -0.1) is 0 Å². The molecule has 2 saturated heterocycles. The van der Waals surface area contributed by atoms with Gasteiger partial charge in [0.2, 0.25) is 5.91 Å². The van der Waals surface area contributed by atoms with E-state index < -0.39 is 0 Å². The fourth-order valence-electron chi connectivity index (χ4n) is 3.14. The maximum atomic E-state index is 12.6. The summed E-state index contributed by atoms with van der Waals surface area (Å²) in [4.78, 5) is 29.0. The zero-order chi connectivity index (χ0) is 19.2. The van der Waals surface area contributed by atoms with Crippen molar-refractivity contribution in [1.29, 1.82) is 0 Å². The summed E-state index contributed by atoms with van der Waals surface area (Å²) in [6.45, 7) is 4.22. The number of benzene rings is 1. The second-order valence-electron chi connectivity index (χ2n) is 6.94. The van der Waals surface area contributed by atoms with Crippen molar-refractivity contribution in [3.8, 4) is 0 Å². The van der Waals surface area contributed by atoms with Crippen molar-refractivity contribution in [2.24, 2.45) is 5.92 Å². The highest BCUT2D eigenvalue weighted by atomic mass is 32.2. The number of likely N-dealkylation sites (tertiary alicyclic amines) is 1. The minimum atomic E-state index is -0.109. The molecule has 1 aromatic carbocycles. The molecule has 0 atom stereocenters. The number of hydrogen-bond donors (Lipinski definition) is 0. The molecule has 0 saturated carbocycles. The SMILES string of the molecule is CC1CCN(C(=O)CCN2C(=O)C(=CC=Cc3ccccc3)SC2=S)CC1. The summed E-state index contributed by atoms with van der Waals surface area (Å²) in [6, 6.07) is 9.91. The Morgan fingerprint density at radius 2 is 1.96 bits per heavy atom. The first-order chi connectivity index (χ1) is 13.0. The Labute approximate surface area is 170 Å². The van der Waals surface area contributed by atoms with Crippen LogP contribution >= 0.6 is 24.0 Å². The molecule has 2 fully saturated rings. The Kier molecular flexibility index (Phi) is 6.85. The summed E-state index contributed by atoms with van der Waals surface area (Å²) in [7, 11) is 0. The van der Waals surface area contributed by atoms with Gasteiger partial charge in [0.1, 0.15) is 4.32 Å². The minimum Gasteiger partial charge on any atom is -0.343 e. The fourth-order valence-corrected chi connectivity index (χ4v) is 4.40. The third-order valence-electron chi connectivity index (χ3n) is 4.90. The van der Waals surface area contributed by atoms with Gasteiger partial charge in [-0.1, -0.05) is 73.4 Å². The van der Waals surface area contributed by atoms with Crippen molar-refractivity contribution in [2.45, 2.75) is 26.2 Å². The first-order valence-electron chi connectivity index (χ1n) is 9.29. The molecule has 0 aliphatic carbocycles. The van der Waals surface area contributed by atoms with Crippen LogP contribution in [0.15, 0.2) is 47.4 Å². The van der Waals surface area contributed by atoms with E-state index in [1.165, 1.54) is 11.8 Å². The smallest absolute Gasteiger partial charge is 0.266 e. The molecule has 0 radical (unpaired) electrons. The molecule has 1 aromatic rings. The van der Waals surface area contributed by atoms with E-state index in [1.807, 2.05) is 47.4 Å². The zero-order valence-corrected chi connectivity index (χ0v) is 17.1. The van der Waals surface area contributed by atoms with Crippen molar-refractivity contribution >= 4 is 46.2 Å². The van der Waals surface area contributed by atoms with Crippen LogP contribution < -0.4 is 0 Å². The molecule has 0 bridgehead atoms. The Morgan fingerprint density at radius 1 is 1.26 bits per heavy atom. The number of thiocarbonyl (C=S) groups is 1. The van der Waals surface area contributed by atoms with Crippen LogP contribution in [0.4, 0.5) is 0 Å². The fraction of sp³-hybridized carbons (Fsp3) is 0.381. The van der Waals surface area contributed by atoms with E-state index in [1.54, 1.807) is 11.0 Å². The second-order valence-corrected chi connectivity index (χ2v) is 8.61. The highest BCUT2D eigenvalue weighted by Crippen LogP contribution is 2.31. The predicted molar refractivity (Wildman–Crippen MR) is 115 cm³/mol. The number of thioether (sulfide) groups is 1. The Hall–Kier alpha value is -1.92. The zero-order valence-electron chi connectivity index (χ0n) is 15.5. The lowest BCUT2D eigenvalue weighted by atomic mass is 9.99. The molecule has 0 spiro atoms. The van der Waals surface area contributed by atoms with E-state index >= 15 is 0 Å². The molecular weight excluding hydrogens is 376 g/mol. The van der Waals surface area contributed by atoms with Gasteiger partial charge in [0.05, 0.1) is 4.91 Å². The molecule has 3 rings (SSSR count). The molecule has 0 N–H and O–H groups in total. The van der Waals surface area contributed by atoms with Gasteiger partial charge in [0, 0.05) is 26.1 Å². The van der Waals surface area contributed by atoms with Crippen molar-refractivity contribution < 1.29 is 9.59 Å². The van der Waals surface area contributed by atoms with Crippen molar-refractivity contribution in [2.75, 3.05) is 19.6 Å². The van der Waals surface area contributed by atoms with E-state index in [2.05, 4.69) is 6.92 Å². The van der Waals surface area contributed by atoms with E-state index in [9.17, 15) is 9.59 Å². The number of amides is 2. The molecule has 2 amide bonds. The molecule has 2 aliphatic heterocycles. The lowest BCUT2D eigenvalue weighted by Crippen LogP contribution is -2.40. The molecule has 0 unspecified atom stereocenters. The van der Waals surface area contributed by atoms with E-state index in [4.69, 9.17) is 12.2 Å². The average Bonchev–Trinajstić information content (AvgIpc) is 2.94. The molecule has 142 valence electrons. The van der Waals surface area contributed by atoms with Crippen molar-refractivity contribution in [3.05, 3.63) is 53.0 Å². The predicted octanol–water partition coefficient (Wildman–Crippen LogP) is 4.09. The number of rotatable bonds is 5. The average molecular weight is 401 g/mol. The lowest BCUT2D eigenvalue weighted by Gasteiger charge is -2.30.